The summed E-state index contributed by atoms with van der Waals surface area (Å²) < 4.78 is 51.6. The molecular formula is C11H6ClF4N. The number of rotatable bonds is 1. The third-order valence-electron chi connectivity index (χ3n) is 2.25. The first-order valence-corrected chi connectivity index (χ1v) is 4.98. The highest BCUT2D eigenvalue weighted by Gasteiger charge is 2.38. The van der Waals surface area contributed by atoms with E-state index in [0.29, 0.717) is 6.07 Å². The van der Waals surface area contributed by atoms with Crippen LogP contribution < -0.4 is 0 Å². The van der Waals surface area contributed by atoms with Gasteiger partial charge in [0.25, 0.3) is 0 Å². The summed E-state index contributed by atoms with van der Waals surface area (Å²) in [6.45, 7) is 0. The van der Waals surface area contributed by atoms with E-state index in [4.69, 9.17) is 11.6 Å². The predicted octanol–water partition coefficient (Wildman–Crippen LogP) is 4.49. The molecule has 1 nitrogen and oxygen atoms in total. The van der Waals surface area contributed by atoms with Gasteiger partial charge in [0.15, 0.2) is 0 Å². The van der Waals surface area contributed by atoms with Crippen LogP contribution >= 0.6 is 11.6 Å². The minimum absolute atomic E-state index is 0.127. The zero-order chi connectivity index (χ0) is 12.6. The van der Waals surface area contributed by atoms with Gasteiger partial charge >= 0.3 is 6.18 Å². The Hall–Kier alpha value is -1.49. The minimum atomic E-state index is -4.80. The van der Waals surface area contributed by atoms with Crippen LogP contribution in [0.2, 0.25) is 5.02 Å². The van der Waals surface area contributed by atoms with Gasteiger partial charge in [-0.1, -0.05) is 11.6 Å². The zero-order valence-corrected chi connectivity index (χ0v) is 9.03. The first-order chi connectivity index (χ1) is 7.91. The maximum absolute atomic E-state index is 13.3. The molecule has 0 radical (unpaired) electrons. The van der Waals surface area contributed by atoms with E-state index in [1.165, 1.54) is 18.3 Å². The number of alkyl halides is 3. The molecule has 0 spiro atoms. The summed E-state index contributed by atoms with van der Waals surface area (Å²) in [5.74, 6) is -1.34. The van der Waals surface area contributed by atoms with Gasteiger partial charge < -0.3 is 4.98 Å². The average molecular weight is 264 g/mol. The number of aromatic amines is 1. The van der Waals surface area contributed by atoms with Crippen LogP contribution in [0.5, 0.6) is 0 Å². The molecule has 0 amide bonds. The van der Waals surface area contributed by atoms with Gasteiger partial charge in [0, 0.05) is 17.5 Å². The molecule has 0 saturated heterocycles. The smallest absolute Gasteiger partial charge is 0.361 e. The molecule has 90 valence electrons. The molecule has 0 saturated carbocycles. The van der Waals surface area contributed by atoms with Crippen LogP contribution in [-0.2, 0) is 6.18 Å². The van der Waals surface area contributed by atoms with Crippen molar-refractivity contribution in [1.82, 2.24) is 4.98 Å². The van der Waals surface area contributed by atoms with Gasteiger partial charge in [-0.15, -0.1) is 0 Å². The lowest BCUT2D eigenvalue weighted by atomic mass is 10.0. The topological polar surface area (TPSA) is 15.8 Å². The van der Waals surface area contributed by atoms with Crippen molar-refractivity contribution in [1.29, 1.82) is 0 Å². The number of halogens is 5. The van der Waals surface area contributed by atoms with Crippen LogP contribution in [0.25, 0.3) is 11.3 Å². The van der Waals surface area contributed by atoms with Crippen LogP contribution in [0, 0.1) is 5.82 Å². The standard InChI is InChI=1S/C11H6ClF4N/c12-6-3-4-7(13)10(11(14,15)16)9(6)8-2-1-5-17-8/h1-5,17H. The van der Waals surface area contributed by atoms with Crippen molar-refractivity contribution in [3.63, 3.8) is 0 Å². The van der Waals surface area contributed by atoms with E-state index >= 15 is 0 Å². The molecule has 1 aromatic carbocycles. The lowest BCUT2D eigenvalue weighted by Gasteiger charge is -2.14. The summed E-state index contributed by atoms with van der Waals surface area (Å²) in [5.41, 5.74) is -1.60. The molecule has 0 aliphatic heterocycles. The lowest BCUT2D eigenvalue weighted by Crippen LogP contribution is -2.10. The van der Waals surface area contributed by atoms with Crippen molar-refractivity contribution in [2.45, 2.75) is 6.18 Å². The molecular weight excluding hydrogens is 258 g/mol. The Morgan fingerprint density at radius 1 is 1.12 bits per heavy atom. The third-order valence-corrected chi connectivity index (χ3v) is 2.57. The van der Waals surface area contributed by atoms with Crippen molar-refractivity contribution < 1.29 is 17.6 Å². The van der Waals surface area contributed by atoms with E-state index in [0.717, 1.165) is 6.07 Å². The Bertz CT molecular complexity index is 531. The number of nitrogens with one attached hydrogen (secondary N) is 1. The van der Waals surface area contributed by atoms with Gasteiger partial charge in [-0.2, -0.15) is 13.2 Å². The van der Waals surface area contributed by atoms with Crippen molar-refractivity contribution in [3.05, 3.63) is 46.9 Å². The Balaban J connectivity index is 2.77. The van der Waals surface area contributed by atoms with Crippen LogP contribution in [-0.4, -0.2) is 4.98 Å². The minimum Gasteiger partial charge on any atom is -0.361 e. The summed E-state index contributed by atoms with van der Waals surface area (Å²) in [6.07, 6.45) is -3.36. The molecule has 0 bridgehead atoms. The zero-order valence-electron chi connectivity index (χ0n) is 8.28. The van der Waals surface area contributed by atoms with Gasteiger partial charge in [-0.25, -0.2) is 4.39 Å². The van der Waals surface area contributed by atoms with E-state index in [1.54, 1.807) is 0 Å². The van der Waals surface area contributed by atoms with E-state index in [9.17, 15) is 17.6 Å². The Morgan fingerprint density at radius 2 is 1.82 bits per heavy atom. The Kier molecular flexibility index (Phi) is 2.87. The second kappa shape index (κ2) is 4.07. The van der Waals surface area contributed by atoms with Crippen molar-refractivity contribution in [2.75, 3.05) is 0 Å². The number of H-pyrrole nitrogens is 1. The van der Waals surface area contributed by atoms with Gasteiger partial charge in [0.05, 0.1) is 5.02 Å². The average Bonchev–Trinajstić information content (AvgIpc) is 2.72. The second-order valence-electron chi connectivity index (χ2n) is 3.36. The number of aromatic nitrogens is 1. The molecule has 17 heavy (non-hydrogen) atoms. The quantitative estimate of drug-likeness (QED) is 0.730. The normalized spacial score (nSPS) is 11.8. The predicted molar refractivity (Wildman–Crippen MR) is 56.2 cm³/mol. The summed E-state index contributed by atoms with van der Waals surface area (Å²) >= 11 is 5.71. The third kappa shape index (κ3) is 2.15. The molecule has 0 aliphatic carbocycles. The summed E-state index contributed by atoms with van der Waals surface area (Å²) in [7, 11) is 0. The van der Waals surface area contributed by atoms with Crippen LogP contribution in [0.1, 0.15) is 5.56 Å². The maximum Gasteiger partial charge on any atom is 0.419 e. The molecule has 1 heterocycles. The highest BCUT2D eigenvalue weighted by molar-refractivity contribution is 6.33. The van der Waals surface area contributed by atoms with Gasteiger partial charge in [-0.05, 0) is 24.3 Å². The van der Waals surface area contributed by atoms with E-state index in [-0.39, 0.29) is 16.3 Å². The molecule has 0 atom stereocenters. The van der Waals surface area contributed by atoms with Gasteiger partial charge in [0.2, 0.25) is 0 Å². The summed E-state index contributed by atoms with van der Waals surface area (Å²) in [4.78, 5) is 2.58. The molecule has 0 unspecified atom stereocenters. The van der Waals surface area contributed by atoms with E-state index < -0.39 is 17.6 Å². The van der Waals surface area contributed by atoms with E-state index in [1.807, 2.05) is 0 Å². The first-order valence-electron chi connectivity index (χ1n) is 4.60. The fraction of sp³-hybridized carbons (Fsp3) is 0.0909. The highest BCUT2D eigenvalue weighted by atomic mass is 35.5. The molecule has 2 aromatic rings. The fourth-order valence-corrected chi connectivity index (χ4v) is 1.84. The maximum atomic E-state index is 13.3. The highest BCUT2D eigenvalue weighted by Crippen LogP contribution is 2.41. The lowest BCUT2D eigenvalue weighted by molar-refractivity contribution is -0.139. The molecule has 1 aromatic heterocycles. The molecule has 0 aliphatic rings. The fourth-order valence-electron chi connectivity index (χ4n) is 1.58. The summed E-state index contributed by atoms with van der Waals surface area (Å²) in [6, 6.07) is 4.71. The molecule has 6 heteroatoms. The first kappa shape index (κ1) is 12.0. The molecule has 0 fully saturated rings. The number of hydrogen-bond donors (Lipinski definition) is 1. The van der Waals surface area contributed by atoms with Crippen molar-refractivity contribution in [2.24, 2.45) is 0 Å². The largest absolute Gasteiger partial charge is 0.419 e. The van der Waals surface area contributed by atoms with Gasteiger partial charge in [-0.3, -0.25) is 0 Å². The van der Waals surface area contributed by atoms with Crippen LogP contribution in [0.15, 0.2) is 30.5 Å². The SMILES string of the molecule is Fc1ccc(Cl)c(-c2ccc[nH]2)c1C(F)(F)F. The van der Waals surface area contributed by atoms with Crippen LogP contribution in [0.4, 0.5) is 17.6 Å². The van der Waals surface area contributed by atoms with Crippen LogP contribution in [0.3, 0.4) is 0 Å². The molecule has 2 rings (SSSR count). The number of benzene rings is 1. The Labute approximate surface area is 99.0 Å². The van der Waals surface area contributed by atoms with Crippen molar-refractivity contribution in [3.8, 4) is 11.3 Å². The molecule has 1 N–H and O–H groups in total. The Morgan fingerprint density at radius 3 is 2.35 bits per heavy atom. The number of hydrogen-bond acceptors (Lipinski definition) is 0. The van der Waals surface area contributed by atoms with E-state index in [2.05, 4.69) is 4.98 Å². The second-order valence-corrected chi connectivity index (χ2v) is 3.77. The summed E-state index contributed by atoms with van der Waals surface area (Å²) in [5, 5.41) is -0.152. The van der Waals surface area contributed by atoms with Gasteiger partial charge in [0.1, 0.15) is 11.4 Å². The van der Waals surface area contributed by atoms with Crippen molar-refractivity contribution >= 4 is 11.6 Å². The monoisotopic (exact) mass is 263 g/mol.